The Labute approximate surface area is 157 Å². The molecule has 0 aliphatic carbocycles. The molecule has 8 heteroatoms. The summed E-state index contributed by atoms with van der Waals surface area (Å²) >= 11 is 0. The number of carbonyl (C=O) groups is 1. The fourth-order valence-electron chi connectivity index (χ4n) is 2.84. The molecule has 1 aromatic heterocycles. The van der Waals surface area contributed by atoms with Gasteiger partial charge < -0.3 is 15.4 Å². The lowest BCUT2D eigenvalue weighted by molar-refractivity contribution is 0.249. The molecular weight excluding hydrogens is 344 g/mol. The number of ether oxygens (including phenoxy) is 1. The van der Waals surface area contributed by atoms with E-state index in [0.29, 0.717) is 5.69 Å². The average Bonchev–Trinajstić information content (AvgIpc) is 3.17. The first-order valence-corrected chi connectivity index (χ1v) is 8.54. The Balaban J connectivity index is 1.73. The number of hydrogen-bond acceptors (Lipinski definition) is 5. The van der Waals surface area contributed by atoms with E-state index in [-0.39, 0.29) is 12.1 Å². The van der Waals surface area contributed by atoms with Crippen molar-refractivity contribution in [3.63, 3.8) is 0 Å². The van der Waals surface area contributed by atoms with Crippen molar-refractivity contribution in [3.8, 4) is 11.4 Å². The van der Waals surface area contributed by atoms with Crippen LogP contribution in [-0.4, -0.2) is 33.3 Å². The number of amides is 2. The summed E-state index contributed by atoms with van der Waals surface area (Å²) in [4.78, 5) is 12.5. The third-order valence-corrected chi connectivity index (χ3v) is 4.26. The maximum absolute atomic E-state index is 12.5. The molecule has 0 aliphatic heterocycles. The van der Waals surface area contributed by atoms with Crippen LogP contribution in [0.3, 0.4) is 0 Å². The quantitative estimate of drug-likeness (QED) is 0.723. The summed E-state index contributed by atoms with van der Waals surface area (Å²) in [7, 11) is 1.62. The van der Waals surface area contributed by atoms with Crippen LogP contribution in [-0.2, 0) is 0 Å². The third kappa shape index (κ3) is 4.22. The molecule has 1 atom stereocenters. The van der Waals surface area contributed by atoms with Crippen LogP contribution in [0.5, 0.6) is 5.75 Å². The van der Waals surface area contributed by atoms with E-state index < -0.39 is 0 Å². The highest BCUT2D eigenvalue weighted by Crippen LogP contribution is 2.26. The Bertz CT molecular complexity index is 939. The van der Waals surface area contributed by atoms with Crippen LogP contribution in [0.15, 0.2) is 42.7 Å². The van der Waals surface area contributed by atoms with E-state index in [2.05, 4.69) is 26.2 Å². The molecule has 0 saturated carbocycles. The Morgan fingerprint density at radius 2 is 2.00 bits per heavy atom. The summed E-state index contributed by atoms with van der Waals surface area (Å²) in [5.41, 5.74) is 4.46. The van der Waals surface area contributed by atoms with Crippen LogP contribution >= 0.6 is 0 Å². The van der Waals surface area contributed by atoms with Crippen molar-refractivity contribution in [2.24, 2.45) is 0 Å². The zero-order chi connectivity index (χ0) is 19.4. The number of benzene rings is 2. The Morgan fingerprint density at radius 3 is 2.70 bits per heavy atom. The molecule has 3 aromatic rings. The Hall–Kier alpha value is -3.42. The second kappa shape index (κ2) is 7.86. The van der Waals surface area contributed by atoms with Gasteiger partial charge >= 0.3 is 6.03 Å². The summed E-state index contributed by atoms with van der Waals surface area (Å²) in [5.74, 6) is 0.740. The molecule has 0 aliphatic rings. The largest absolute Gasteiger partial charge is 0.496 e. The number of hydrogen-bond donors (Lipinski definition) is 2. The maximum atomic E-state index is 12.5. The molecule has 0 radical (unpaired) electrons. The molecule has 8 nitrogen and oxygen atoms in total. The number of aryl methyl sites for hydroxylation is 2. The minimum atomic E-state index is -0.308. The van der Waals surface area contributed by atoms with E-state index in [1.807, 2.05) is 57.2 Å². The fraction of sp³-hybridized carbons (Fsp3) is 0.263. The van der Waals surface area contributed by atoms with Crippen LogP contribution in [0, 0.1) is 13.8 Å². The molecule has 0 fully saturated rings. The highest BCUT2D eigenvalue weighted by atomic mass is 16.5. The molecule has 2 aromatic carbocycles. The molecule has 0 saturated heterocycles. The minimum Gasteiger partial charge on any atom is -0.496 e. The third-order valence-electron chi connectivity index (χ3n) is 4.26. The van der Waals surface area contributed by atoms with Gasteiger partial charge in [-0.15, -0.1) is 5.10 Å². The van der Waals surface area contributed by atoms with E-state index in [4.69, 9.17) is 4.74 Å². The predicted molar refractivity (Wildman–Crippen MR) is 102 cm³/mol. The summed E-state index contributed by atoms with van der Waals surface area (Å²) in [6.07, 6.45) is 1.51. The number of rotatable bonds is 5. The number of urea groups is 1. The van der Waals surface area contributed by atoms with Crippen LogP contribution in [0.2, 0.25) is 0 Å². The molecule has 0 spiro atoms. The van der Waals surface area contributed by atoms with Crippen molar-refractivity contribution < 1.29 is 9.53 Å². The molecule has 0 unspecified atom stereocenters. The van der Waals surface area contributed by atoms with Crippen molar-refractivity contribution in [3.05, 3.63) is 59.4 Å². The maximum Gasteiger partial charge on any atom is 0.319 e. The van der Waals surface area contributed by atoms with Crippen LogP contribution < -0.4 is 15.4 Å². The van der Waals surface area contributed by atoms with Crippen molar-refractivity contribution >= 4 is 11.7 Å². The van der Waals surface area contributed by atoms with Gasteiger partial charge in [-0.2, -0.15) is 0 Å². The van der Waals surface area contributed by atoms with Gasteiger partial charge in [0.25, 0.3) is 0 Å². The second-order valence-electron chi connectivity index (χ2n) is 6.32. The van der Waals surface area contributed by atoms with Gasteiger partial charge in [0.2, 0.25) is 0 Å². The van der Waals surface area contributed by atoms with Crippen LogP contribution in [0.1, 0.15) is 29.7 Å². The predicted octanol–water partition coefficient (Wildman–Crippen LogP) is 3.17. The van der Waals surface area contributed by atoms with E-state index in [0.717, 1.165) is 28.1 Å². The van der Waals surface area contributed by atoms with Gasteiger partial charge in [0, 0.05) is 11.3 Å². The van der Waals surface area contributed by atoms with Crippen molar-refractivity contribution in [2.75, 3.05) is 12.4 Å². The summed E-state index contributed by atoms with van der Waals surface area (Å²) in [5, 5.41) is 17.0. The van der Waals surface area contributed by atoms with E-state index in [9.17, 15) is 4.79 Å². The van der Waals surface area contributed by atoms with Gasteiger partial charge in [0.05, 0.1) is 18.8 Å². The number of nitrogens with one attached hydrogen (secondary N) is 2. The summed E-state index contributed by atoms with van der Waals surface area (Å²) in [6.45, 7) is 5.87. The van der Waals surface area contributed by atoms with Gasteiger partial charge in [-0.25, -0.2) is 9.48 Å². The molecular formula is C19H22N6O2. The monoisotopic (exact) mass is 366 g/mol. The Kier molecular flexibility index (Phi) is 5.35. The number of carbonyl (C=O) groups excluding carboxylic acids is 1. The lowest BCUT2D eigenvalue weighted by Gasteiger charge is -2.18. The van der Waals surface area contributed by atoms with E-state index in [1.54, 1.807) is 11.8 Å². The Morgan fingerprint density at radius 1 is 1.19 bits per heavy atom. The molecule has 27 heavy (non-hydrogen) atoms. The lowest BCUT2D eigenvalue weighted by atomic mass is 10.0. The van der Waals surface area contributed by atoms with Gasteiger partial charge in [-0.3, -0.25) is 0 Å². The van der Waals surface area contributed by atoms with E-state index in [1.165, 1.54) is 6.33 Å². The van der Waals surface area contributed by atoms with E-state index >= 15 is 0 Å². The summed E-state index contributed by atoms with van der Waals surface area (Å²) < 4.78 is 6.95. The van der Waals surface area contributed by atoms with Crippen molar-refractivity contribution in [1.29, 1.82) is 0 Å². The average molecular weight is 366 g/mol. The first-order chi connectivity index (χ1) is 13.0. The summed E-state index contributed by atoms with van der Waals surface area (Å²) in [6, 6.07) is 10.9. The van der Waals surface area contributed by atoms with Gasteiger partial charge in [-0.1, -0.05) is 23.8 Å². The number of tetrazole rings is 1. The van der Waals surface area contributed by atoms with Gasteiger partial charge in [0.15, 0.2) is 0 Å². The number of nitrogens with zero attached hydrogens (tertiary/aromatic N) is 4. The second-order valence-corrected chi connectivity index (χ2v) is 6.32. The SMILES string of the molecule is COc1ccc(C)cc1[C@@H](C)NC(=O)Nc1ccc(C)c(-n2cnnn2)c1. The van der Waals surface area contributed by atoms with Crippen LogP contribution in [0.25, 0.3) is 5.69 Å². The zero-order valence-corrected chi connectivity index (χ0v) is 15.7. The topological polar surface area (TPSA) is 94.0 Å². The molecule has 1 heterocycles. The molecule has 2 N–H and O–H groups in total. The molecule has 0 bridgehead atoms. The zero-order valence-electron chi connectivity index (χ0n) is 15.7. The standard InChI is InChI=1S/C19H22N6O2/c1-12-5-8-18(27-4)16(9-12)14(3)21-19(26)22-15-7-6-13(2)17(10-15)25-11-20-23-24-25/h5-11,14H,1-4H3,(H2,21,22,26)/t14-/m1/s1. The normalized spacial score (nSPS) is 11.7. The smallest absolute Gasteiger partial charge is 0.319 e. The van der Waals surface area contributed by atoms with Gasteiger partial charge in [0.1, 0.15) is 12.1 Å². The first kappa shape index (κ1) is 18.4. The number of aromatic nitrogens is 4. The molecule has 2 amide bonds. The van der Waals surface area contributed by atoms with Gasteiger partial charge in [-0.05, 0) is 55.0 Å². The van der Waals surface area contributed by atoms with Crippen LogP contribution in [0.4, 0.5) is 10.5 Å². The first-order valence-electron chi connectivity index (χ1n) is 8.54. The minimum absolute atomic E-state index is 0.218. The lowest BCUT2D eigenvalue weighted by Crippen LogP contribution is -2.31. The number of anilines is 1. The number of methoxy groups -OCH3 is 1. The highest BCUT2D eigenvalue weighted by molar-refractivity contribution is 5.90. The molecule has 3 rings (SSSR count). The van der Waals surface area contributed by atoms with Crippen molar-refractivity contribution in [1.82, 2.24) is 25.5 Å². The molecule has 140 valence electrons. The van der Waals surface area contributed by atoms with Crippen molar-refractivity contribution in [2.45, 2.75) is 26.8 Å². The highest BCUT2D eigenvalue weighted by Gasteiger charge is 2.15. The fourth-order valence-corrected chi connectivity index (χ4v) is 2.84.